The van der Waals surface area contributed by atoms with E-state index in [2.05, 4.69) is 42.2 Å². The molecule has 3 aromatic rings. The van der Waals surface area contributed by atoms with E-state index >= 15 is 0 Å². The van der Waals surface area contributed by atoms with E-state index in [0.717, 1.165) is 24.2 Å². The lowest BCUT2D eigenvalue weighted by molar-refractivity contribution is -0.118. The highest BCUT2D eigenvalue weighted by Gasteiger charge is 2.24. The van der Waals surface area contributed by atoms with E-state index < -0.39 is 0 Å². The van der Waals surface area contributed by atoms with Gasteiger partial charge in [0, 0.05) is 30.6 Å². The van der Waals surface area contributed by atoms with Gasteiger partial charge in [0.1, 0.15) is 0 Å². The van der Waals surface area contributed by atoms with Gasteiger partial charge in [0.05, 0.1) is 0 Å². The molecule has 1 aliphatic rings. The van der Waals surface area contributed by atoms with Gasteiger partial charge >= 0.3 is 0 Å². The number of para-hydroxylation sites is 1. The van der Waals surface area contributed by atoms with Crippen molar-refractivity contribution < 1.29 is 9.32 Å². The Morgan fingerprint density at radius 1 is 1.15 bits per heavy atom. The first-order chi connectivity index (χ1) is 13.1. The van der Waals surface area contributed by atoms with Crippen LogP contribution in [0.4, 0.5) is 5.69 Å². The molecule has 1 aliphatic heterocycles. The van der Waals surface area contributed by atoms with E-state index in [-0.39, 0.29) is 5.91 Å². The number of fused-ring (bicyclic) bond motifs is 1. The van der Waals surface area contributed by atoms with Crippen molar-refractivity contribution in [2.24, 2.45) is 0 Å². The van der Waals surface area contributed by atoms with E-state index in [1.807, 2.05) is 35.2 Å². The lowest BCUT2D eigenvalue weighted by Crippen LogP contribution is -2.29. The third-order valence-corrected chi connectivity index (χ3v) is 5.04. The molecule has 0 saturated carbocycles. The van der Waals surface area contributed by atoms with Gasteiger partial charge in [-0.1, -0.05) is 61.5 Å². The van der Waals surface area contributed by atoms with Gasteiger partial charge in [-0.2, -0.15) is 4.98 Å². The van der Waals surface area contributed by atoms with Crippen molar-refractivity contribution in [3.8, 4) is 11.4 Å². The first kappa shape index (κ1) is 17.5. The molecular weight excluding hydrogens is 338 g/mol. The van der Waals surface area contributed by atoms with Crippen LogP contribution >= 0.6 is 0 Å². The normalized spacial score (nSPS) is 13.2. The van der Waals surface area contributed by atoms with Crippen LogP contribution in [0.1, 0.15) is 43.2 Å². The molecule has 0 atom stereocenters. The Balaban J connectivity index is 1.39. The highest BCUT2D eigenvalue weighted by molar-refractivity contribution is 5.95. The zero-order valence-electron chi connectivity index (χ0n) is 15.7. The first-order valence-electron chi connectivity index (χ1n) is 9.43. The Morgan fingerprint density at radius 2 is 1.93 bits per heavy atom. The standard InChI is InChI=1S/C22H23N3O2/c1-15(2)16-7-9-18(10-8-16)22-23-20(27-24-22)11-12-21(26)25-14-13-17-5-3-4-6-19(17)25/h3-10,15H,11-14H2,1-2H3. The van der Waals surface area contributed by atoms with E-state index in [1.54, 1.807) is 0 Å². The minimum absolute atomic E-state index is 0.0981. The molecule has 1 amide bonds. The van der Waals surface area contributed by atoms with E-state index in [9.17, 15) is 4.79 Å². The van der Waals surface area contributed by atoms with Crippen LogP contribution in [0.3, 0.4) is 0 Å². The molecule has 0 saturated heterocycles. The number of carbonyl (C=O) groups excluding carboxylic acids is 1. The van der Waals surface area contributed by atoms with E-state index in [1.165, 1.54) is 11.1 Å². The maximum absolute atomic E-state index is 12.6. The number of hydrogen-bond donors (Lipinski definition) is 0. The molecule has 0 fully saturated rings. The number of aromatic nitrogens is 2. The van der Waals surface area contributed by atoms with Gasteiger partial charge in [0.2, 0.25) is 17.6 Å². The SMILES string of the molecule is CC(C)c1ccc(-c2noc(CCC(=O)N3CCc4ccccc43)n2)cc1. The summed E-state index contributed by atoms with van der Waals surface area (Å²) in [6.07, 6.45) is 1.73. The van der Waals surface area contributed by atoms with Crippen molar-refractivity contribution >= 4 is 11.6 Å². The maximum Gasteiger partial charge on any atom is 0.227 e. The number of benzene rings is 2. The first-order valence-corrected chi connectivity index (χ1v) is 9.43. The van der Waals surface area contributed by atoms with Crippen LogP contribution in [0.25, 0.3) is 11.4 Å². The molecule has 5 nitrogen and oxygen atoms in total. The van der Waals surface area contributed by atoms with Crippen molar-refractivity contribution in [3.05, 3.63) is 65.5 Å². The van der Waals surface area contributed by atoms with Gasteiger partial charge in [-0.05, 0) is 29.5 Å². The number of aryl methyl sites for hydroxylation is 1. The number of hydrogen-bond acceptors (Lipinski definition) is 4. The Labute approximate surface area is 159 Å². The molecule has 5 heteroatoms. The summed E-state index contributed by atoms with van der Waals surface area (Å²) in [6, 6.07) is 16.3. The summed E-state index contributed by atoms with van der Waals surface area (Å²) in [4.78, 5) is 18.9. The fraction of sp³-hybridized carbons (Fsp3) is 0.318. The van der Waals surface area contributed by atoms with Crippen molar-refractivity contribution in [1.29, 1.82) is 0 Å². The second-order valence-electron chi connectivity index (χ2n) is 7.21. The summed E-state index contributed by atoms with van der Waals surface area (Å²) >= 11 is 0. The monoisotopic (exact) mass is 361 g/mol. The zero-order chi connectivity index (χ0) is 18.8. The van der Waals surface area contributed by atoms with Crippen LogP contribution in [-0.4, -0.2) is 22.6 Å². The van der Waals surface area contributed by atoms with Crippen molar-refractivity contribution in [2.45, 2.75) is 39.0 Å². The van der Waals surface area contributed by atoms with Crippen LogP contribution < -0.4 is 4.90 Å². The molecule has 4 rings (SSSR count). The highest BCUT2D eigenvalue weighted by Crippen LogP contribution is 2.28. The van der Waals surface area contributed by atoms with E-state index in [4.69, 9.17) is 4.52 Å². The minimum atomic E-state index is 0.0981. The molecule has 0 unspecified atom stereocenters. The molecule has 2 heterocycles. The largest absolute Gasteiger partial charge is 0.339 e. The second kappa shape index (κ2) is 7.35. The smallest absolute Gasteiger partial charge is 0.227 e. The predicted octanol–water partition coefficient (Wildman–Crippen LogP) is 4.38. The fourth-order valence-electron chi connectivity index (χ4n) is 3.44. The molecule has 2 aromatic carbocycles. The topological polar surface area (TPSA) is 59.2 Å². The van der Waals surface area contributed by atoms with Crippen LogP contribution in [0.5, 0.6) is 0 Å². The molecule has 0 aliphatic carbocycles. The number of amides is 1. The van der Waals surface area contributed by atoms with Crippen LogP contribution in [0.15, 0.2) is 53.1 Å². The van der Waals surface area contributed by atoms with Gasteiger partial charge in [-0.3, -0.25) is 4.79 Å². The molecule has 0 bridgehead atoms. The lowest BCUT2D eigenvalue weighted by atomic mass is 10.0. The molecular formula is C22H23N3O2. The van der Waals surface area contributed by atoms with Crippen molar-refractivity contribution in [2.75, 3.05) is 11.4 Å². The predicted molar refractivity (Wildman–Crippen MR) is 105 cm³/mol. The summed E-state index contributed by atoms with van der Waals surface area (Å²) in [7, 11) is 0. The number of nitrogens with zero attached hydrogens (tertiary/aromatic N) is 3. The van der Waals surface area contributed by atoms with Crippen LogP contribution in [-0.2, 0) is 17.6 Å². The van der Waals surface area contributed by atoms with Gasteiger partial charge in [0.15, 0.2) is 0 Å². The third-order valence-electron chi connectivity index (χ3n) is 5.04. The maximum atomic E-state index is 12.6. The van der Waals surface area contributed by atoms with Crippen molar-refractivity contribution in [1.82, 2.24) is 10.1 Å². The molecule has 1 aromatic heterocycles. The lowest BCUT2D eigenvalue weighted by Gasteiger charge is -2.16. The summed E-state index contributed by atoms with van der Waals surface area (Å²) < 4.78 is 5.35. The van der Waals surface area contributed by atoms with Gasteiger partial charge < -0.3 is 9.42 Å². The summed E-state index contributed by atoms with van der Waals surface area (Å²) in [5.74, 6) is 1.65. The summed E-state index contributed by atoms with van der Waals surface area (Å²) in [5.41, 5.74) is 4.46. The average Bonchev–Trinajstić information content (AvgIpc) is 3.33. The highest BCUT2D eigenvalue weighted by atomic mass is 16.5. The minimum Gasteiger partial charge on any atom is -0.339 e. The zero-order valence-corrected chi connectivity index (χ0v) is 15.7. The fourth-order valence-corrected chi connectivity index (χ4v) is 3.44. The average molecular weight is 361 g/mol. The number of anilines is 1. The van der Waals surface area contributed by atoms with Crippen LogP contribution in [0, 0.1) is 0 Å². The van der Waals surface area contributed by atoms with Gasteiger partial charge in [0.25, 0.3) is 0 Å². The molecule has 27 heavy (non-hydrogen) atoms. The summed E-state index contributed by atoms with van der Waals surface area (Å²) in [5, 5.41) is 4.06. The number of rotatable bonds is 5. The number of carbonyl (C=O) groups is 1. The second-order valence-corrected chi connectivity index (χ2v) is 7.21. The Hall–Kier alpha value is -2.95. The van der Waals surface area contributed by atoms with E-state index in [0.29, 0.717) is 30.5 Å². The Kier molecular flexibility index (Phi) is 4.75. The Morgan fingerprint density at radius 3 is 2.70 bits per heavy atom. The molecule has 138 valence electrons. The molecule has 0 spiro atoms. The van der Waals surface area contributed by atoms with Crippen molar-refractivity contribution in [3.63, 3.8) is 0 Å². The van der Waals surface area contributed by atoms with Crippen LogP contribution in [0.2, 0.25) is 0 Å². The quantitative estimate of drug-likeness (QED) is 0.676. The Bertz CT molecular complexity index is 944. The molecule has 0 N–H and O–H groups in total. The third kappa shape index (κ3) is 3.63. The molecule has 0 radical (unpaired) electrons. The van der Waals surface area contributed by atoms with Gasteiger partial charge in [-0.15, -0.1) is 0 Å². The van der Waals surface area contributed by atoms with Gasteiger partial charge in [-0.25, -0.2) is 0 Å². The summed E-state index contributed by atoms with van der Waals surface area (Å²) in [6.45, 7) is 5.07.